The van der Waals surface area contributed by atoms with E-state index in [1.54, 1.807) is 18.2 Å². The summed E-state index contributed by atoms with van der Waals surface area (Å²) < 4.78 is 5.55. The Morgan fingerprint density at radius 1 is 0.944 bits per heavy atom. The third-order valence-corrected chi connectivity index (χ3v) is 8.53. The van der Waals surface area contributed by atoms with E-state index in [1.165, 1.54) is 17.6 Å². The van der Waals surface area contributed by atoms with Crippen molar-refractivity contribution < 1.29 is 18.8 Å². The fourth-order valence-corrected chi connectivity index (χ4v) is 7.00. The summed E-state index contributed by atoms with van der Waals surface area (Å²) in [5.41, 5.74) is 1.92. The number of furan rings is 1. The van der Waals surface area contributed by atoms with E-state index in [0.29, 0.717) is 10.6 Å². The zero-order valence-corrected chi connectivity index (χ0v) is 19.8. The molecule has 2 aromatic heterocycles. The van der Waals surface area contributed by atoms with E-state index in [4.69, 9.17) is 4.42 Å². The maximum absolute atomic E-state index is 14.3. The molecule has 4 aromatic rings. The molecule has 36 heavy (non-hydrogen) atoms. The Morgan fingerprint density at radius 2 is 1.78 bits per heavy atom. The van der Waals surface area contributed by atoms with E-state index in [9.17, 15) is 14.4 Å². The largest absolute Gasteiger partial charge is 0.461 e. The second-order valence-corrected chi connectivity index (χ2v) is 10.2. The average Bonchev–Trinajstić information content (AvgIpc) is 3.70. The Balaban J connectivity index is 1.56. The molecule has 1 fully saturated rings. The average molecular weight is 493 g/mol. The molecule has 7 rings (SSSR count). The molecule has 5 heterocycles. The molecule has 6 nitrogen and oxygen atoms in total. The van der Waals surface area contributed by atoms with Crippen LogP contribution in [0.4, 0.5) is 5.69 Å². The van der Waals surface area contributed by atoms with Gasteiger partial charge in [0.05, 0.1) is 23.1 Å². The van der Waals surface area contributed by atoms with Crippen molar-refractivity contribution in [2.45, 2.75) is 17.5 Å². The second kappa shape index (κ2) is 7.63. The number of ketones is 2. The van der Waals surface area contributed by atoms with Crippen LogP contribution in [0, 0.1) is 5.92 Å². The van der Waals surface area contributed by atoms with Gasteiger partial charge < -0.3 is 14.6 Å². The van der Waals surface area contributed by atoms with Crippen molar-refractivity contribution >= 4 is 40.6 Å². The number of hydrogen-bond acceptors (Lipinski definition) is 6. The Morgan fingerprint density at radius 3 is 2.58 bits per heavy atom. The Labute approximate surface area is 210 Å². The third-order valence-electron chi connectivity index (χ3n) is 7.65. The van der Waals surface area contributed by atoms with Crippen LogP contribution >= 0.6 is 11.3 Å². The summed E-state index contributed by atoms with van der Waals surface area (Å²) in [6.45, 7) is 0. The summed E-state index contributed by atoms with van der Waals surface area (Å²) in [6, 6.07) is 20.7. The molecule has 0 bridgehead atoms. The Kier molecular flexibility index (Phi) is 4.47. The number of anilines is 1. The number of benzene rings is 2. The van der Waals surface area contributed by atoms with Crippen molar-refractivity contribution in [2.75, 3.05) is 5.32 Å². The van der Waals surface area contributed by atoms with Crippen LogP contribution < -0.4 is 5.32 Å². The van der Waals surface area contributed by atoms with Gasteiger partial charge in [0.2, 0.25) is 11.7 Å². The minimum Gasteiger partial charge on any atom is -0.461 e. The highest BCUT2D eigenvalue weighted by Crippen LogP contribution is 2.62. The van der Waals surface area contributed by atoms with E-state index < -0.39 is 23.4 Å². The SMILES string of the molecule is O=C(c1cccs1)[C@@H]1[C@H](C(=O)c2ccco2)[C@]2(C(=O)Nc3ccccc32)[C@H]2c3ccccc3C=CN12. The smallest absolute Gasteiger partial charge is 0.238 e. The molecule has 1 amide bonds. The quantitative estimate of drug-likeness (QED) is 0.390. The zero-order chi connectivity index (χ0) is 24.4. The highest BCUT2D eigenvalue weighted by molar-refractivity contribution is 7.12. The predicted octanol–water partition coefficient (Wildman–Crippen LogP) is 5.32. The van der Waals surface area contributed by atoms with Gasteiger partial charge in [0.1, 0.15) is 11.5 Å². The van der Waals surface area contributed by atoms with Crippen molar-refractivity contribution in [3.63, 3.8) is 0 Å². The molecule has 0 saturated carbocycles. The molecular formula is C29H20N2O4S. The highest BCUT2D eigenvalue weighted by Gasteiger charge is 2.71. The van der Waals surface area contributed by atoms with Crippen LogP contribution in [0.3, 0.4) is 0 Å². The summed E-state index contributed by atoms with van der Waals surface area (Å²) in [7, 11) is 0. The predicted molar refractivity (Wildman–Crippen MR) is 136 cm³/mol. The van der Waals surface area contributed by atoms with Gasteiger partial charge in [-0.3, -0.25) is 14.4 Å². The van der Waals surface area contributed by atoms with Gasteiger partial charge in [-0.25, -0.2) is 0 Å². The molecular weight excluding hydrogens is 472 g/mol. The van der Waals surface area contributed by atoms with Gasteiger partial charge in [0.15, 0.2) is 11.5 Å². The van der Waals surface area contributed by atoms with E-state index in [2.05, 4.69) is 5.32 Å². The lowest BCUT2D eigenvalue weighted by Gasteiger charge is -2.38. The highest BCUT2D eigenvalue weighted by atomic mass is 32.1. The van der Waals surface area contributed by atoms with Crippen LogP contribution in [0.5, 0.6) is 0 Å². The number of fused-ring (bicyclic) bond motifs is 6. The van der Waals surface area contributed by atoms with E-state index in [0.717, 1.165) is 16.7 Å². The first-order chi connectivity index (χ1) is 17.6. The van der Waals surface area contributed by atoms with Gasteiger partial charge >= 0.3 is 0 Å². The van der Waals surface area contributed by atoms with Gasteiger partial charge in [-0.1, -0.05) is 48.5 Å². The van der Waals surface area contributed by atoms with Crippen molar-refractivity contribution in [2.24, 2.45) is 5.92 Å². The summed E-state index contributed by atoms with van der Waals surface area (Å²) >= 11 is 1.34. The van der Waals surface area contributed by atoms with Crippen molar-refractivity contribution in [1.82, 2.24) is 4.90 Å². The van der Waals surface area contributed by atoms with Crippen LogP contribution in [0.2, 0.25) is 0 Å². The lowest BCUT2D eigenvalue weighted by atomic mass is 9.63. The number of para-hydroxylation sites is 1. The Hall–Kier alpha value is -4.23. The van der Waals surface area contributed by atoms with Crippen molar-refractivity contribution in [1.29, 1.82) is 0 Å². The first kappa shape index (κ1) is 21.1. The minimum atomic E-state index is -1.33. The molecule has 3 aliphatic heterocycles. The Bertz CT molecular complexity index is 1560. The summed E-state index contributed by atoms with van der Waals surface area (Å²) in [5.74, 6) is -1.70. The fraction of sp³-hybridized carbons (Fsp3) is 0.138. The first-order valence-electron chi connectivity index (χ1n) is 11.7. The van der Waals surface area contributed by atoms with E-state index >= 15 is 0 Å². The van der Waals surface area contributed by atoms with Gasteiger partial charge in [0, 0.05) is 11.9 Å². The molecule has 1 spiro atoms. The van der Waals surface area contributed by atoms with Crippen LogP contribution in [-0.2, 0) is 10.2 Å². The monoisotopic (exact) mass is 492 g/mol. The number of rotatable bonds is 4. The first-order valence-corrected chi connectivity index (χ1v) is 12.6. The summed E-state index contributed by atoms with van der Waals surface area (Å²) in [4.78, 5) is 45.1. The molecule has 2 aromatic carbocycles. The van der Waals surface area contributed by atoms with Gasteiger partial charge in [-0.15, -0.1) is 11.3 Å². The molecule has 0 unspecified atom stereocenters. The number of carbonyl (C=O) groups is 3. The number of Topliss-reactive ketones (excluding diaryl/α,β-unsaturated/α-hetero) is 2. The minimum absolute atomic E-state index is 0.137. The number of nitrogens with one attached hydrogen (secondary N) is 1. The normalized spacial score (nSPS) is 25.4. The topological polar surface area (TPSA) is 79.6 Å². The number of nitrogens with zero attached hydrogens (tertiary/aromatic N) is 1. The molecule has 176 valence electrons. The summed E-state index contributed by atoms with van der Waals surface area (Å²) in [5, 5.41) is 4.88. The molecule has 7 heteroatoms. The second-order valence-electron chi connectivity index (χ2n) is 9.27. The lowest BCUT2D eigenvalue weighted by molar-refractivity contribution is -0.122. The number of carbonyl (C=O) groups excluding carboxylic acids is 3. The molecule has 4 atom stereocenters. The van der Waals surface area contributed by atoms with Crippen molar-refractivity contribution in [3.8, 4) is 0 Å². The van der Waals surface area contributed by atoms with Crippen LogP contribution in [0.1, 0.15) is 43.0 Å². The molecule has 0 radical (unpaired) electrons. The maximum Gasteiger partial charge on any atom is 0.238 e. The zero-order valence-electron chi connectivity index (χ0n) is 19.0. The standard InChI is InChI=1S/C29H20N2O4S/c32-25(21-11-5-15-35-21)23-24(26(33)22-12-6-16-36-22)31-14-13-17-7-1-2-8-18(17)27(31)29(23)19-9-3-4-10-20(19)30-28(29)34/h1-16,23-24,27H,(H,30,34)/t23-,24+,27-,29+/m1/s1. The molecule has 0 aliphatic carbocycles. The molecule has 3 aliphatic rings. The van der Waals surface area contributed by atoms with Gasteiger partial charge in [-0.2, -0.15) is 0 Å². The van der Waals surface area contributed by atoms with E-state index in [1.807, 2.05) is 77.2 Å². The number of thiophene rings is 1. The molecule has 1 saturated heterocycles. The lowest BCUT2D eigenvalue weighted by Crippen LogP contribution is -2.49. The van der Waals surface area contributed by atoms with Gasteiger partial charge in [-0.05, 0) is 52.4 Å². The van der Waals surface area contributed by atoms with Crippen molar-refractivity contribution in [3.05, 3.63) is 118 Å². The molecule has 1 N–H and O–H groups in total. The van der Waals surface area contributed by atoms with Gasteiger partial charge in [0.25, 0.3) is 0 Å². The van der Waals surface area contributed by atoms with Crippen LogP contribution in [0.25, 0.3) is 6.08 Å². The fourth-order valence-electron chi connectivity index (χ4n) is 6.30. The summed E-state index contributed by atoms with van der Waals surface area (Å²) in [6.07, 6.45) is 5.26. The number of hydrogen-bond donors (Lipinski definition) is 1. The van der Waals surface area contributed by atoms with Crippen LogP contribution in [0.15, 0.2) is 95.1 Å². The van der Waals surface area contributed by atoms with E-state index in [-0.39, 0.29) is 23.2 Å². The van der Waals surface area contributed by atoms with Crippen LogP contribution in [-0.4, -0.2) is 28.4 Å². The third kappa shape index (κ3) is 2.63. The number of amides is 1. The maximum atomic E-state index is 14.3.